The summed E-state index contributed by atoms with van der Waals surface area (Å²) in [4.78, 5) is 4.32. The van der Waals surface area contributed by atoms with Gasteiger partial charge in [0.1, 0.15) is 12.4 Å². The van der Waals surface area contributed by atoms with Gasteiger partial charge in [-0.1, -0.05) is 24.3 Å². The summed E-state index contributed by atoms with van der Waals surface area (Å²) in [7, 11) is 1.56. The second kappa shape index (κ2) is 10.3. The molecule has 1 heterocycles. The Hall–Kier alpha value is -3.83. The Balaban J connectivity index is 1.91. The topological polar surface area (TPSA) is 90.6 Å². The van der Waals surface area contributed by atoms with Crippen molar-refractivity contribution in [3.63, 3.8) is 0 Å². The van der Waals surface area contributed by atoms with Gasteiger partial charge in [0.05, 0.1) is 32.0 Å². The number of anilines is 2. The van der Waals surface area contributed by atoms with Crippen molar-refractivity contribution < 1.29 is 19.1 Å². The number of benzene rings is 2. The highest BCUT2D eigenvalue weighted by Crippen LogP contribution is 2.32. The number of nitrogens with zero attached hydrogens (tertiary/aromatic N) is 3. The second-order valence-corrected chi connectivity index (χ2v) is 6.56. The smallest absolute Gasteiger partial charge is 0.176 e. The minimum atomic E-state index is -0.383. The predicted octanol–water partition coefficient (Wildman–Crippen LogP) is 4.63. The van der Waals surface area contributed by atoms with Gasteiger partial charge in [0.15, 0.2) is 17.3 Å². The van der Waals surface area contributed by atoms with Crippen molar-refractivity contribution in [2.24, 2.45) is 0 Å². The molecule has 0 amide bonds. The van der Waals surface area contributed by atoms with Crippen LogP contribution in [0.15, 0.2) is 54.7 Å². The maximum Gasteiger partial charge on any atom is 0.176 e. The normalized spacial score (nSPS) is 10.3. The number of ether oxygens (including phenoxy) is 2. The monoisotopic (exact) mass is 422 g/mol. The van der Waals surface area contributed by atoms with Gasteiger partial charge in [-0.15, -0.1) is 0 Å². The average molecular weight is 422 g/mol. The molecule has 0 spiro atoms. The molecule has 0 fully saturated rings. The van der Waals surface area contributed by atoms with Crippen LogP contribution in [0.4, 0.5) is 15.9 Å². The first-order valence-electron chi connectivity index (χ1n) is 9.69. The summed E-state index contributed by atoms with van der Waals surface area (Å²) < 4.78 is 25.1. The fraction of sp³-hybridized carbons (Fsp3) is 0.217. The summed E-state index contributed by atoms with van der Waals surface area (Å²) in [5.74, 6) is 0.996. The SMILES string of the molecule is CCOc1cc(CN(O)c2ncc(-c3ccccc3F)cc2NCC#N)ccc1OC. The van der Waals surface area contributed by atoms with Crippen LogP contribution in [0.2, 0.25) is 0 Å². The number of rotatable bonds is 9. The molecule has 0 atom stereocenters. The number of aromatic nitrogens is 1. The molecule has 7 nitrogen and oxygen atoms in total. The third kappa shape index (κ3) is 5.21. The van der Waals surface area contributed by atoms with E-state index in [4.69, 9.17) is 14.7 Å². The first kappa shape index (κ1) is 21.9. The Bertz CT molecular complexity index is 1080. The van der Waals surface area contributed by atoms with Crippen LogP contribution < -0.4 is 19.9 Å². The van der Waals surface area contributed by atoms with Crippen LogP contribution in [0.25, 0.3) is 11.1 Å². The molecule has 0 aliphatic heterocycles. The van der Waals surface area contributed by atoms with Gasteiger partial charge in [-0.25, -0.2) is 14.4 Å². The zero-order valence-corrected chi connectivity index (χ0v) is 17.3. The van der Waals surface area contributed by atoms with E-state index in [2.05, 4.69) is 10.3 Å². The Morgan fingerprint density at radius 2 is 2.00 bits per heavy atom. The van der Waals surface area contributed by atoms with Crippen LogP contribution in [0.1, 0.15) is 12.5 Å². The molecule has 8 heteroatoms. The summed E-state index contributed by atoms with van der Waals surface area (Å²) in [6.07, 6.45) is 1.48. The van der Waals surface area contributed by atoms with Crippen molar-refractivity contribution in [2.45, 2.75) is 13.5 Å². The number of nitriles is 1. The van der Waals surface area contributed by atoms with Gasteiger partial charge in [0.25, 0.3) is 0 Å². The highest BCUT2D eigenvalue weighted by molar-refractivity contribution is 5.74. The molecule has 0 bridgehead atoms. The van der Waals surface area contributed by atoms with E-state index < -0.39 is 0 Å². The lowest BCUT2D eigenvalue weighted by Crippen LogP contribution is -2.20. The first-order chi connectivity index (χ1) is 15.1. The summed E-state index contributed by atoms with van der Waals surface area (Å²) in [6.45, 7) is 2.46. The van der Waals surface area contributed by atoms with E-state index in [1.54, 1.807) is 49.6 Å². The van der Waals surface area contributed by atoms with Crippen molar-refractivity contribution in [3.05, 3.63) is 66.1 Å². The molecule has 0 saturated carbocycles. The van der Waals surface area contributed by atoms with Crippen LogP contribution in [0, 0.1) is 17.1 Å². The Morgan fingerprint density at radius 3 is 2.71 bits per heavy atom. The van der Waals surface area contributed by atoms with E-state index in [-0.39, 0.29) is 24.7 Å². The van der Waals surface area contributed by atoms with E-state index >= 15 is 0 Å². The summed E-state index contributed by atoms with van der Waals surface area (Å²) >= 11 is 0. The third-order valence-electron chi connectivity index (χ3n) is 4.51. The highest BCUT2D eigenvalue weighted by Gasteiger charge is 2.16. The Morgan fingerprint density at radius 1 is 1.19 bits per heavy atom. The lowest BCUT2D eigenvalue weighted by atomic mass is 10.1. The minimum Gasteiger partial charge on any atom is -0.493 e. The van der Waals surface area contributed by atoms with Gasteiger partial charge >= 0.3 is 0 Å². The fourth-order valence-electron chi connectivity index (χ4n) is 3.11. The number of methoxy groups -OCH3 is 1. The van der Waals surface area contributed by atoms with Crippen molar-refractivity contribution >= 4 is 11.5 Å². The van der Waals surface area contributed by atoms with E-state index in [0.717, 1.165) is 10.6 Å². The molecule has 3 rings (SSSR count). The number of pyridine rings is 1. The van der Waals surface area contributed by atoms with E-state index in [0.29, 0.717) is 34.9 Å². The van der Waals surface area contributed by atoms with Crippen LogP contribution in [0.5, 0.6) is 11.5 Å². The van der Waals surface area contributed by atoms with Gasteiger partial charge in [-0.05, 0) is 36.8 Å². The summed E-state index contributed by atoms with van der Waals surface area (Å²) in [6, 6.07) is 15.3. The standard InChI is InChI=1S/C23H23FN4O3/c1-3-31-22-12-16(8-9-21(22)30-2)15-28(29)23-20(26-11-10-25)13-17(14-27-23)18-6-4-5-7-19(18)24/h4-9,12-14,26,29H,3,11,15H2,1-2H3. The van der Waals surface area contributed by atoms with E-state index in [1.807, 2.05) is 13.0 Å². The molecule has 0 aliphatic rings. The largest absolute Gasteiger partial charge is 0.493 e. The highest BCUT2D eigenvalue weighted by atomic mass is 19.1. The van der Waals surface area contributed by atoms with Gasteiger partial charge in [0, 0.05) is 17.3 Å². The quantitative estimate of drug-likeness (QED) is 0.384. The van der Waals surface area contributed by atoms with Gasteiger partial charge in [0.2, 0.25) is 0 Å². The minimum absolute atomic E-state index is 0.000267. The molecule has 1 aromatic heterocycles. The maximum absolute atomic E-state index is 14.2. The lowest BCUT2D eigenvalue weighted by Gasteiger charge is -2.21. The van der Waals surface area contributed by atoms with Crippen molar-refractivity contribution in [1.29, 1.82) is 5.26 Å². The van der Waals surface area contributed by atoms with Crippen LogP contribution in [0.3, 0.4) is 0 Å². The Labute approximate surface area is 180 Å². The molecule has 2 N–H and O–H groups in total. The fourth-order valence-corrected chi connectivity index (χ4v) is 3.11. The number of halogens is 1. The average Bonchev–Trinajstić information content (AvgIpc) is 2.78. The van der Waals surface area contributed by atoms with Crippen LogP contribution in [-0.2, 0) is 6.54 Å². The van der Waals surface area contributed by atoms with Crippen LogP contribution in [-0.4, -0.2) is 30.5 Å². The Kier molecular flexibility index (Phi) is 7.25. The molecule has 0 radical (unpaired) electrons. The molecule has 0 aliphatic carbocycles. The van der Waals surface area contributed by atoms with E-state index in [9.17, 15) is 9.60 Å². The number of hydrogen-bond acceptors (Lipinski definition) is 7. The number of hydroxylamine groups is 1. The molecule has 2 aromatic carbocycles. The van der Waals surface area contributed by atoms with Crippen molar-refractivity contribution in [2.75, 3.05) is 30.6 Å². The predicted molar refractivity (Wildman–Crippen MR) is 116 cm³/mol. The van der Waals surface area contributed by atoms with Crippen molar-refractivity contribution in [1.82, 2.24) is 4.98 Å². The maximum atomic E-state index is 14.2. The van der Waals surface area contributed by atoms with Gasteiger partial charge < -0.3 is 14.8 Å². The molecular weight excluding hydrogens is 399 g/mol. The molecule has 3 aromatic rings. The summed E-state index contributed by atoms with van der Waals surface area (Å²) in [5, 5.41) is 23.6. The first-order valence-corrected chi connectivity index (χ1v) is 9.69. The molecule has 0 unspecified atom stereocenters. The van der Waals surface area contributed by atoms with Crippen LogP contribution >= 0.6 is 0 Å². The zero-order valence-electron chi connectivity index (χ0n) is 17.3. The lowest BCUT2D eigenvalue weighted by molar-refractivity contribution is 0.246. The molecule has 31 heavy (non-hydrogen) atoms. The number of nitrogens with one attached hydrogen (secondary N) is 1. The second-order valence-electron chi connectivity index (χ2n) is 6.56. The molecule has 160 valence electrons. The summed E-state index contributed by atoms with van der Waals surface area (Å²) in [5.41, 5.74) is 2.07. The van der Waals surface area contributed by atoms with Gasteiger partial charge in [-0.3, -0.25) is 5.21 Å². The molecule has 0 saturated heterocycles. The molecular formula is C23H23FN4O3. The number of hydrogen-bond donors (Lipinski definition) is 2. The van der Waals surface area contributed by atoms with Gasteiger partial charge in [-0.2, -0.15) is 5.26 Å². The zero-order chi connectivity index (χ0) is 22.2. The third-order valence-corrected chi connectivity index (χ3v) is 4.51. The van der Waals surface area contributed by atoms with Crippen molar-refractivity contribution in [3.8, 4) is 28.7 Å². The van der Waals surface area contributed by atoms with E-state index in [1.165, 1.54) is 12.3 Å².